The van der Waals surface area contributed by atoms with E-state index in [0.29, 0.717) is 36.2 Å². The third-order valence-corrected chi connectivity index (χ3v) is 6.37. The number of hydrogen-bond donors (Lipinski definition) is 1. The molecule has 1 aliphatic heterocycles. The Morgan fingerprint density at radius 1 is 1.32 bits per heavy atom. The Hall–Kier alpha value is -2.39. The molecule has 0 saturated heterocycles. The molecule has 9 heteroatoms. The van der Waals surface area contributed by atoms with Crippen LogP contribution in [-0.4, -0.2) is 36.8 Å². The molecule has 28 heavy (non-hydrogen) atoms. The van der Waals surface area contributed by atoms with Gasteiger partial charge < -0.3 is 14.9 Å². The maximum atomic E-state index is 12.9. The molecule has 0 fully saturated rings. The minimum atomic E-state index is -3.66. The van der Waals surface area contributed by atoms with Crippen molar-refractivity contribution in [3.8, 4) is 5.75 Å². The van der Waals surface area contributed by atoms with Crippen molar-refractivity contribution in [2.45, 2.75) is 44.6 Å². The van der Waals surface area contributed by atoms with Crippen molar-refractivity contribution in [3.05, 3.63) is 41.6 Å². The number of nitrogens with two attached hydrogens (primary N) is 1. The largest absolute Gasteiger partial charge is 0.484 e. The second-order valence-corrected chi connectivity index (χ2v) is 9.16. The van der Waals surface area contributed by atoms with Crippen LogP contribution < -0.4 is 10.5 Å². The predicted octanol–water partition coefficient (Wildman–Crippen LogP) is 1.87. The first kappa shape index (κ1) is 20.3. The predicted molar refractivity (Wildman–Crippen MR) is 102 cm³/mol. The number of oxazole rings is 1. The lowest BCUT2D eigenvalue weighted by Gasteiger charge is -2.24. The van der Waals surface area contributed by atoms with Crippen molar-refractivity contribution in [1.82, 2.24) is 9.29 Å². The van der Waals surface area contributed by atoms with E-state index in [4.69, 9.17) is 14.9 Å². The fourth-order valence-corrected chi connectivity index (χ4v) is 4.37. The van der Waals surface area contributed by atoms with Crippen molar-refractivity contribution < 1.29 is 22.4 Å². The molecule has 152 valence electrons. The molecule has 2 heterocycles. The Bertz CT molecular complexity index is 935. The molecule has 1 aromatic carbocycles. The maximum Gasteiger partial charge on any atom is 0.255 e. The number of sulfonamides is 1. The second kappa shape index (κ2) is 8.32. The lowest BCUT2D eigenvalue weighted by molar-refractivity contribution is -0.119. The average molecular weight is 407 g/mol. The van der Waals surface area contributed by atoms with Gasteiger partial charge in [-0.25, -0.2) is 13.4 Å². The summed E-state index contributed by atoms with van der Waals surface area (Å²) >= 11 is 0. The van der Waals surface area contributed by atoms with Crippen LogP contribution in [0.3, 0.4) is 0 Å². The second-order valence-electron chi connectivity index (χ2n) is 7.22. The van der Waals surface area contributed by atoms with E-state index in [-0.39, 0.29) is 18.0 Å². The Morgan fingerprint density at radius 3 is 2.68 bits per heavy atom. The number of amides is 1. The minimum Gasteiger partial charge on any atom is -0.484 e. The molecule has 3 rings (SSSR count). The number of aromatic nitrogens is 1. The van der Waals surface area contributed by atoms with Gasteiger partial charge in [0.2, 0.25) is 10.0 Å². The van der Waals surface area contributed by atoms with Crippen LogP contribution in [0.1, 0.15) is 37.6 Å². The number of hydrogen-bond acceptors (Lipinski definition) is 6. The van der Waals surface area contributed by atoms with Gasteiger partial charge in [0.05, 0.1) is 17.1 Å². The van der Waals surface area contributed by atoms with Crippen LogP contribution in [0.15, 0.2) is 33.6 Å². The molecule has 1 aliphatic rings. The fourth-order valence-electron chi connectivity index (χ4n) is 2.96. The summed E-state index contributed by atoms with van der Waals surface area (Å²) in [6.07, 6.45) is 2.23. The SMILES string of the molecule is CC(C)CCc1nc2c(o1)CCN(S(=O)(=O)c1ccc(OCC(N)=O)cc1)C2. The van der Waals surface area contributed by atoms with E-state index in [1.165, 1.54) is 28.6 Å². The Morgan fingerprint density at radius 2 is 2.04 bits per heavy atom. The molecule has 2 N–H and O–H groups in total. The Labute approximate surface area is 164 Å². The van der Waals surface area contributed by atoms with Gasteiger partial charge in [-0.05, 0) is 36.6 Å². The summed E-state index contributed by atoms with van der Waals surface area (Å²) in [7, 11) is -3.66. The number of nitrogens with zero attached hydrogens (tertiary/aromatic N) is 2. The van der Waals surface area contributed by atoms with Crippen LogP contribution >= 0.6 is 0 Å². The summed E-state index contributed by atoms with van der Waals surface area (Å²) in [4.78, 5) is 15.4. The zero-order valence-electron chi connectivity index (χ0n) is 16.1. The van der Waals surface area contributed by atoms with Crippen molar-refractivity contribution in [3.63, 3.8) is 0 Å². The van der Waals surface area contributed by atoms with E-state index in [1.54, 1.807) is 0 Å². The third kappa shape index (κ3) is 4.71. The molecule has 0 spiro atoms. The molecule has 1 aromatic heterocycles. The Balaban J connectivity index is 1.70. The molecular weight excluding hydrogens is 382 g/mol. The summed E-state index contributed by atoms with van der Waals surface area (Å²) in [5, 5.41) is 0. The van der Waals surface area contributed by atoms with E-state index in [1.807, 2.05) is 0 Å². The first-order valence-corrected chi connectivity index (χ1v) is 10.7. The van der Waals surface area contributed by atoms with Gasteiger partial charge in [-0.3, -0.25) is 4.79 Å². The zero-order valence-corrected chi connectivity index (χ0v) is 16.9. The lowest BCUT2D eigenvalue weighted by atomic mass is 10.1. The lowest BCUT2D eigenvalue weighted by Crippen LogP contribution is -2.35. The highest BCUT2D eigenvalue weighted by atomic mass is 32.2. The van der Waals surface area contributed by atoms with Gasteiger partial charge in [0, 0.05) is 19.4 Å². The summed E-state index contributed by atoms with van der Waals surface area (Å²) in [5.74, 6) is 1.79. The summed E-state index contributed by atoms with van der Waals surface area (Å²) in [6.45, 7) is 4.56. The number of fused-ring (bicyclic) bond motifs is 1. The Kier molecular flexibility index (Phi) is 6.04. The van der Waals surface area contributed by atoms with E-state index < -0.39 is 15.9 Å². The monoisotopic (exact) mass is 407 g/mol. The van der Waals surface area contributed by atoms with Gasteiger partial charge in [-0.15, -0.1) is 0 Å². The van der Waals surface area contributed by atoms with Crippen molar-refractivity contribution in [2.75, 3.05) is 13.2 Å². The zero-order chi connectivity index (χ0) is 20.3. The van der Waals surface area contributed by atoms with Gasteiger partial charge in [0.15, 0.2) is 12.5 Å². The van der Waals surface area contributed by atoms with Crippen LogP contribution in [0.25, 0.3) is 0 Å². The maximum absolute atomic E-state index is 12.9. The first-order valence-electron chi connectivity index (χ1n) is 9.24. The quantitative estimate of drug-likeness (QED) is 0.714. The number of ether oxygens (including phenoxy) is 1. The number of aryl methyl sites for hydroxylation is 1. The van der Waals surface area contributed by atoms with Crippen molar-refractivity contribution in [1.29, 1.82) is 0 Å². The number of carbonyl (C=O) groups is 1. The number of carbonyl (C=O) groups excluding carboxylic acids is 1. The standard InChI is InChI=1S/C19H25N3O5S/c1-13(2)3-8-19-21-16-11-22(10-9-17(16)27-19)28(24,25)15-6-4-14(5-7-15)26-12-18(20)23/h4-7,13H,3,8-12H2,1-2H3,(H2,20,23). The number of benzene rings is 1. The molecule has 2 aromatic rings. The van der Waals surface area contributed by atoms with E-state index in [9.17, 15) is 13.2 Å². The highest BCUT2D eigenvalue weighted by Crippen LogP contribution is 2.27. The fraction of sp³-hybridized carbons (Fsp3) is 0.474. The molecule has 8 nitrogen and oxygen atoms in total. The molecule has 0 unspecified atom stereocenters. The highest BCUT2D eigenvalue weighted by Gasteiger charge is 2.31. The molecule has 0 aliphatic carbocycles. The van der Waals surface area contributed by atoms with Gasteiger partial charge in [0.25, 0.3) is 5.91 Å². The molecule has 0 saturated carbocycles. The number of rotatable bonds is 8. The van der Waals surface area contributed by atoms with Crippen LogP contribution in [-0.2, 0) is 34.2 Å². The van der Waals surface area contributed by atoms with Crippen LogP contribution in [0.4, 0.5) is 0 Å². The van der Waals surface area contributed by atoms with Gasteiger partial charge in [0.1, 0.15) is 11.5 Å². The summed E-state index contributed by atoms with van der Waals surface area (Å²) in [5.41, 5.74) is 5.72. The smallest absolute Gasteiger partial charge is 0.255 e. The molecule has 0 atom stereocenters. The van der Waals surface area contributed by atoms with E-state index in [0.717, 1.165) is 18.6 Å². The van der Waals surface area contributed by atoms with Gasteiger partial charge in [-0.1, -0.05) is 13.8 Å². The third-order valence-electron chi connectivity index (χ3n) is 4.52. The topological polar surface area (TPSA) is 116 Å². The normalized spacial score (nSPS) is 14.8. The first-order chi connectivity index (χ1) is 13.3. The summed E-state index contributed by atoms with van der Waals surface area (Å²) < 4.78 is 38.3. The highest BCUT2D eigenvalue weighted by molar-refractivity contribution is 7.89. The van der Waals surface area contributed by atoms with Gasteiger partial charge >= 0.3 is 0 Å². The van der Waals surface area contributed by atoms with Crippen molar-refractivity contribution in [2.24, 2.45) is 11.7 Å². The minimum absolute atomic E-state index is 0.158. The average Bonchev–Trinajstić information content (AvgIpc) is 3.07. The van der Waals surface area contributed by atoms with Crippen LogP contribution in [0.5, 0.6) is 5.75 Å². The van der Waals surface area contributed by atoms with E-state index >= 15 is 0 Å². The van der Waals surface area contributed by atoms with Crippen molar-refractivity contribution >= 4 is 15.9 Å². The van der Waals surface area contributed by atoms with Gasteiger partial charge in [-0.2, -0.15) is 4.31 Å². The van der Waals surface area contributed by atoms with E-state index in [2.05, 4.69) is 18.8 Å². The van der Waals surface area contributed by atoms with Crippen LogP contribution in [0.2, 0.25) is 0 Å². The molecular formula is C19H25N3O5S. The molecule has 1 amide bonds. The molecule has 0 radical (unpaired) electrons. The van der Waals surface area contributed by atoms with Crippen LogP contribution in [0, 0.1) is 5.92 Å². The summed E-state index contributed by atoms with van der Waals surface area (Å²) in [6, 6.07) is 5.92. The molecule has 0 bridgehead atoms. The number of primary amides is 1.